The van der Waals surface area contributed by atoms with Crippen LogP contribution in [-0.2, 0) is 0 Å². The summed E-state index contributed by atoms with van der Waals surface area (Å²) in [5.74, 6) is 0.624. The number of nitrogens with zero attached hydrogens (tertiary/aromatic N) is 2. The van der Waals surface area contributed by atoms with Gasteiger partial charge in [0.1, 0.15) is 0 Å². The van der Waals surface area contributed by atoms with Crippen molar-refractivity contribution >= 4 is 16.5 Å². The van der Waals surface area contributed by atoms with Crippen molar-refractivity contribution in [1.29, 1.82) is 0 Å². The maximum atomic E-state index is 9.33. The molecule has 0 aliphatic rings. The highest BCUT2D eigenvalue weighted by molar-refractivity contribution is 7.13. The molecule has 0 aliphatic carbocycles. The number of aliphatic hydroxyl groups excluding tert-OH is 1. The van der Waals surface area contributed by atoms with E-state index >= 15 is 0 Å². The van der Waals surface area contributed by atoms with Gasteiger partial charge in [0.15, 0.2) is 5.13 Å². The van der Waals surface area contributed by atoms with Crippen molar-refractivity contribution in [2.24, 2.45) is 5.92 Å². The Labute approximate surface area is 89.4 Å². The van der Waals surface area contributed by atoms with Gasteiger partial charge in [0, 0.05) is 19.0 Å². The van der Waals surface area contributed by atoms with E-state index in [9.17, 15) is 5.11 Å². The Morgan fingerprint density at radius 1 is 1.50 bits per heavy atom. The predicted octanol–water partition coefficient (Wildman–Crippen LogP) is 2.29. The third-order valence-corrected chi connectivity index (χ3v) is 2.88. The van der Waals surface area contributed by atoms with E-state index in [1.165, 1.54) is 0 Å². The van der Waals surface area contributed by atoms with E-state index in [0.29, 0.717) is 5.92 Å². The molecule has 0 saturated heterocycles. The highest BCUT2D eigenvalue weighted by Gasteiger charge is 2.10. The number of thiazole rings is 1. The largest absolute Gasteiger partial charge is 0.387 e. The summed E-state index contributed by atoms with van der Waals surface area (Å²) in [5.41, 5.74) is 0.764. The molecular formula is C10H18N2OS. The fourth-order valence-corrected chi connectivity index (χ4v) is 2.16. The van der Waals surface area contributed by atoms with Gasteiger partial charge in [-0.1, -0.05) is 13.8 Å². The van der Waals surface area contributed by atoms with Gasteiger partial charge in [-0.15, -0.1) is 11.3 Å². The molecule has 3 nitrogen and oxygen atoms in total. The van der Waals surface area contributed by atoms with Crippen molar-refractivity contribution in [3.05, 3.63) is 11.1 Å². The molecule has 1 N–H and O–H groups in total. The van der Waals surface area contributed by atoms with Gasteiger partial charge in [-0.3, -0.25) is 0 Å². The van der Waals surface area contributed by atoms with Gasteiger partial charge in [-0.25, -0.2) is 4.98 Å². The van der Waals surface area contributed by atoms with E-state index in [-0.39, 0.29) is 0 Å². The number of aliphatic hydroxyl groups is 1. The van der Waals surface area contributed by atoms with E-state index in [0.717, 1.165) is 17.4 Å². The summed E-state index contributed by atoms with van der Waals surface area (Å²) in [6.07, 6.45) is -0.465. The Morgan fingerprint density at radius 3 is 2.57 bits per heavy atom. The predicted molar refractivity (Wildman–Crippen MR) is 60.9 cm³/mol. The van der Waals surface area contributed by atoms with Gasteiger partial charge in [0.2, 0.25) is 0 Å². The molecule has 0 fully saturated rings. The maximum absolute atomic E-state index is 9.33. The van der Waals surface area contributed by atoms with Crippen molar-refractivity contribution in [3.63, 3.8) is 0 Å². The van der Waals surface area contributed by atoms with Crippen molar-refractivity contribution in [2.75, 3.05) is 18.5 Å². The topological polar surface area (TPSA) is 36.4 Å². The number of hydrogen-bond donors (Lipinski definition) is 1. The molecule has 0 aromatic carbocycles. The number of aromatic nitrogens is 1. The summed E-state index contributed by atoms with van der Waals surface area (Å²) in [6.45, 7) is 7.09. The first kappa shape index (κ1) is 11.5. The normalized spacial score (nSPS) is 13.3. The zero-order chi connectivity index (χ0) is 10.7. The lowest BCUT2D eigenvalue weighted by molar-refractivity contribution is 0.195. The minimum Gasteiger partial charge on any atom is -0.387 e. The highest BCUT2D eigenvalue weighted by atomic mass is 32.1. The van der Waals surface area contributed by atoms with Crippen LogP contribution in [0.15, 0.2) is 5.38 Å². The number of anilines is 1. The molecule has 0 amide bonds. The molecule has 1 aromatic rings. The van der Waals surface area contributed by atoms with Crippen LogP contribution in [0.25, 0.3) is 0 Å². The van der Waals surface area contributed by atoms with Crippen LogP contribution in [0.5, 0.6) is 0 Å². The minimum absolute atomic E-state index is 0.465. The van der Waals surface area contributed by atoms with Crippen molar-refractivity contribution < 1.29 is 5.11 Å². The Bertz CT molecular complexity index is 283. The Hall–Kier alpha value is -0.610. The first-order valence-electron chi connectivity index (χ1n) is 4.85. The summed E-state index contributed by atoms with van der Waals surface area (Å²) in [6, 6.07) is 0. The lowest BCUT2D eigenvalue weighted by Gasteiger charge is -2.17. The summed E-state index contributed by atoms with van der Waals surface area (Å²) in [4.78, 5) is 6.48. The van der Waals surface area contributed by atoms with E-state index in [1.54, 1.807) is 18.3 Å². The number of rotatable bonds is 4. The Kier molecular flexibility index (Phi) is 3.89. The van der Waals surface area contributed by atoms with Crippen LogP contribution < -0.4 is 4.90 Å². The van der Waals surface area contributed by atoms with Crippen LogP contribution >= 0.6 is 11.3 Å². The fourth-order valence-electron chi connectivity index (χ4n) is 1.27. The van der Waals surface area contributed by atoms with Crippen LogP contribution in [0.2, 0.25) is 0 Å². The summed E-state index contributed by atoms with van der Waals surface area (Å²) in [5, 5.41) is 12.2. The molecule has 0 bridgehead atoms. The van der Waals surface area contributed by atoms with Crippen LogP contribution in [0, 0.1) is 5.92 Å². The molecule has 80 valence electrons. The van der Waals surface area contributed by atoms with Crippen molar-refractivity contribution in [3.8, 4) is 0 Å². The van der Waals surface area contributed by atoms with Gasteiger partial charge in [-0.05, 0) is 12.8 Å². The van der Waals surface area contributed by atoms with Crippen molar-refractivity contribution in [1.82, 2.24) is 4.98 Å². The van der Waals surface area contributed by atoms with Crippen LogP contribution in [0.1, 0.15) is 32.6 Å². The molecule has 0 spiro atoms. The van der Waals surface area contributed by atoms with E-state index < -0.39 is 6.10 Å². The molecule has 1 aromatic heterocycles. The molecule has 1 heterocycles. The van der Waals surface area contributed by atoms with Crippen LogP contribution in [-0.4, -0.2) is 23.7 Å². The molecule has 0 saturated carbocycles. The van der Waals surface area contributed by atoms with E-state index in [2.05, 4.69) is 23.7 Å². The maximum Gasteiger partial charge on any atom is 0.185 e. The zero-order valence-corrected chi connectivity index (χ0v) is 10.0. The Balaban J connectivity index is 2.66. The summed E-state index contributed by atoms with van der Waals surface area (Å²) < 4.78 is 0. The standard InChI is InChI=1S/C10H18N2OS/c1-7(2)5-12(4)10-11-9(6-14-10)8(3)13/h6-8,13H,5H2,1-4H3. The second-order valence-electron chi connectivity index (χ2n) is 4.01. The van der Waals surface area contributed by atoms with Gasteiger partial charge in [0.05, 0.1) is 11.8 Å². The smallest absolute Gasteiger partial charge is 0.185 e. The quantitative estimate of drug-likeness (QED) is 0.835. The lowest BCUT2D eigenvalue weighted by Crippen LogP contribution is -2.22. The molecule has 4 heteroatoms. The third-order valence-electron chi connectivity index (χ3n) is 1.90. The molecule has 0 radical (unpaired) electrons. The molecule has 1 atom stereocenters. The lowest BCUT2D eigenvalue weighted by atomic mass is 10.2. The fraction of sp³-hybridized carbons (Fsp3) is 0.700. The monoisotopic (exact) mass is 214 g/mol. The Morgan fingerprint density at radius 2 is 2.14 bits per heavy atom. The summed E-state index contributed by atoms with van der Waals surface area (Å²) in [7, 11) is 2.03. The van der Waals surface area contributed by atoms with Crippen LogP contribution in [0.3, 0.4) is 0 Å². The second-order valence-corrected chi connectivity index (χ2v) is 4.84. The highest BCUT2D eigenvalue weighted by Crippen LogP contribution is 2.23. The molecule has 0 aliphatic heterocycles. The molecule has 1 rings (SSSR count). The van der Waals surface area contributed by atoms with Crippen LogP contribution in [0.4, 0.5) is 5.13 Å². The molecule has 1 unspecified atom stereocenters. The summed E-state index contributed by atoms with van der Waals surface area (Å²) >= 11 is 1.58. The molecular weight excluding hydrogens is 196 g/mol. The third kappa shape index (κ3) is 2.96. The second kappa shape index (κ2) is 4.75. The van der Waals surface area contributed by atoms with E-state index in [1.807, 2.05) is 12.4 Å². The zero-order valence-electron chi connectivity index (χ0n) is 9.19. The minimum atomic E-state index is -0.465. The van der Waals surface area contributed by atoms with Gasteiger partial charge in [0.25, 0.3) is 0 Å². The first-order valence-corrected chi connectivity index (χ1v) is 5.73. The van der Waals surface area contributed by atoms with Gasteiger partial charge < -0.3 is 10.0 Å². The SMILES string of the molecule is CC(C)CN(C)c1nc(C(C)O)cs1. The number of hydrogen-bond acceptors (Lipinski definition) is 4. The average Bonchev–Trinajstić information content (AvgIpc) is 2.50. The van der Waals surface area contributed by atoms with Gasteiger partial charge >= 0.3 is 0 Å². The van der Waals surface area contributed by atoms with Crippen molar-refractivity contribution in [2.45, 2.75) is 26.9 Å². The molecule has 14 heavy (non-hydrogen) atoms. The first-order chi connectivity index (χ1) is 6.50. The van der Waals surface area contributed by atoms with Gasteiger partial charge in [-0.2, -0.15) is 0 Å². The van der Waals surface area contributed by atoms with E-state index in [4.69, 9.17) is 0 Å². The average molecular weight is 214 g/mol.